The van der Waals surface area contributed by atoms with Crippen LogP contribution in [0.4, 0.5) is 0 Å². The number of carbonyl (C=O) groups is 1. The number of aromatic hydroxyl groups is 1. The number of phenolic OH excluding ortho intramolecular Hbond substituents is 1. The first-order chi connectivity index (χ1) is 15.0. The summed E-state index contributed by atoms with van der Waals surface area (Å²) in [4.78, 5) is 16.5. The van der Waals surface area contributed by atoms with Gasteiger partial charge >= 0.3 is 0 Å². The van der Waals surface area contributed by atoms with Crippen LogP contribution in [0, 0.1) is 0 Å². The summed E-state index contributed by atoms with van der Waals surface area (Å²) in [6, 6.07) is 13.5. The van der Waals surface area contributed by atoms with Gasteiger partial charge in [0.25, 0.3) is 5.91 Å². The molecule has 0 fully saturated rings. The Bertz CT molecular complexity index is 1180. The summed E-state index contributed by atoms with van der Waals surface area (Å²) in [5.41, 5.74) is 5.03. The normalized spacial score (nSPS) is 15.0. The number of hydrogen-bond acceptors (Lipinski definition) is 6. The lowest BCUT2D eigenvalue weighted by atomic mass is 10.1. The zero-order chi connectivity index (χ0) is 21.8. The number of halogens is 1. The van der Waals surface area contributed by atoms with Crippen LogP contribution in [0.15, 0.2) is 59.8 Å². The number of aromatic nitrogens is 1. The zero-order valence-corrected chi connectivity index (χ0v) is 17.2. The Hall–Kier alpha value is -3.84. The molecule has 31 heavy (non-hydrogen) atoms. The Labute approximate surface area is 183 Å². The Morgan fingerprint density at radius 2 is 2.06 bits per heavy atom. The summed E-state index contributed by atoms with van der Waals surface area (Å²) < 4.78 is 11.5. The summed E-state index contributed by atoms with van der Waals surface area (Å²) in [5, 5.41) is 13.6. The van der Waals surface area contributed by atoms with Crippen LogP contribution in [0.3, 0.4) is 0 Å². The lowest BCUT2D eigenvalue weighted by Gasteiger charge is -2.04. The van der Waals surface area contributed by atoms with Gasteiger partial charge in [0.2, 0.25) is 6.29 Å². The van der Waals surface area contributed by atoms with E-state index in [9.17, 15) is 9.90 Å². The highest BCUT2D eigenvalue weighted by atomic mass is 35.5. The predicted octanol–water partition coefficient (Wildman–Crippen LogP) is 4.49. The predicted molar refractivity (Wildman–Crippen MR) is 119 cm³/mol. The summed E-state index contributed by atoms with van der Waals surface area (Å²) in [5.74, 6) is 0.679. The molecule has 0 saturated carbocycles. The Morgan fingerprint density at radius 3 is 2.84 bits per heavy atom. The maximum atomic E-state index is 12.2. The van der Waals surface area contributed by atoms with E-state index in [1.165, 1.54) is 24.4 Å². The molecule has 0 bridgehead atoms. The average Bonchev–Trinajstić information content (AvgIpc) is 3.15. The van der Waals surface area contributed by atoms with Crippen molar-refractivity contribution >= 4 is 35.9 Å². The maximum absolute atomic E-state index is 12.2. The third-order valence-electron chi connectivity index (χ3n) is 4.39. The fourth-order valence-corrected chi connectivity index (χ4v) is 3.14. The SMILES string of the molecule is CC1Oc2cc(/C=N/NC(=O)c3ccc(O)c(Cl)c3)cc(/C=C/c3ccccn3)c2O1. The van der Waals surface area contributed by atoms with Crippen LogP contribution in [0.5, 0.6) is 17.2 Å². The fraction of sp³-hybridized carbons (Fsp3) is 0.0870. The number of carbonyl (C=O) groups excluding carboxylic acids is 1. The Kier molecular flexibility index (Phi) is 5.86. The van der Waals surface area contributed by atoms with E-state index >= 15 is 0 Å². The zero-order valence-electron chi connectivity index (χ0n) is 16.4. The van der Waals surface area contributed by atoms with Gasteiger partial charge in [-0.15, -0.1) is 0 Å². The molecule has 7 nitrogen and oxygen atoms in total. The summed E-state index contributed by atoms with van der Waals surface area (Å²) in [6.07, 6.45) is 6.59. The maximum Gasteiger partial charge on any atom is 0.271 e. The standard InChI is InChI=1S/C23H18ClN3O4/c1-14-30-21-11-15(13-26-27-23(29)17-6-8-20(28)19(24)12-17)10-16(22(21)31-14)5-7-18-4-2-3-9-25-18/h2-14,28H,1H3,(H,27,29)/b7-5+,26-13+. The number of fused-ring (bicyclic) bond motifs is 1. The second-order valence-electron chi connectivity index (χ2n) is 6.69. The molecule has 156 valence electrons. The smallest absolute Gasteiger partial charge is 0.271 e. The van der Waals surface area contributed by atoms with Crippen molar-refractivity contribution in [2.45, 2.75) is 13.2 Å². The van der Waals surface area contributed by atoms with Crippen molar-refractivity contribution in [3.63, 3.8) is 0 Å². The molecule has 0 aliphatic carbocycles. The first-order valence-corrected chi connectivity index (χ1v) is 9.80. The minimum atomic E-state index is -0.456. The third kappa shape index (κ3) is 4.84. The van der Waals surface area contributed by atoms with E-state index in [0.717, 1.165) is 11.3 Å². The molecule has 1 amide bonds. The summed E-state index contributed by atoms with van der Waals surface area (Å²) >= 11 is 5.84. The van der Waals surface area contributed by atoms with Crippen LogP contribution in [0.1, 0.15) is 34.1 Å². The summed E-state index contributed by atoms with van der Waals surface area (Å²) in [6.45, 7) is 1.81. The van der Waals surface area contributed by atoms with Crippen LogP contribution in [-0.2, 0) is 0 Å². The van der Waals surface area contributed by atoms with Crippen molar-refractivity contribution in [1.82, 2.24) is 10.4 Å². The number of ether oxygens (including phenoxy) is 2. The summed E-state index contributed by atoms with van der Waals surface area (Å²) in [7, 11) is 0. The van der Waals surface area contributed by atoms with Crippen molar-refractivity contribution < 1.29 is 19.4 Å². The molecule has 0 spiro atoms. The number of amides is 1. The van der Waals surface area contributed by atoms with Crippen LogP contribution in [0.2, 0.25) is 5.02 Å². The molecule has 8 heteroatoms. The van der Waals surface area contributed by atoms with E-state index in [1.54, 1.807) is 12.3 Å². The van der Waals surface area contributed by atoms with E-state index in [4.69, 9.17) is 21.1 Å². The molecule has 1 aliphatic rings. The van der Waals surface area contributed by atoms with Crippen molar-refractivity contribution in [3.8, 4) is 17.2 Å². The highest BCUT2D eigenvalue weighted by molar-refractivity contribution is 6.32. The van der Waals surface area contributed by atoms with Crippen LogP contribution >= 0.6 is 11.6 Å². The number of hydrogen-bond donors (Lipinski definition) is 2. The van der Waals surface area contributed by atoms with Gasteiger partial charge in [-0.1, -0.05) is 17.7 Å². The van der Waals surface area contributed by atoms with Gasteiger partial charge < -0.3 is 14.6 Å². The highest BCUT2D eigenvalue weighted by Crippen LogP contribution is 2.39. The first kappa shape index (κ1) is 20.4. The Morgan fingerprint density at radius 1 is 1.19 bits per heavy atom. The lowest BCUT2D eigenvalue weighted by molar-refractivity contribution is 0.0677. The van der Waals surface area contributed by atoms with Crippen LogP contribution < -0.4 is 14.9 Å². The minimum Gasteiger partial charge on any atom is -0.506 e. The first-order valence-electron chi connectivity index (χ1n) is 9.42. The molecule has 1 atom stereocenters. The average molecular weight is 436 g/mol. The number of rotatable bonds is 5. The number of nitrogens with one attached hydrogen (secondary N) is 1. The van der Waals surface area contributed by atoms with Crippen molar-refractivity contribution in [3.05, 3.63) is 82.1 Å². The molecule has 0 radical (unpaired) electrons. The molecule has 1 aliphatic heterocycles. The Balaban J connectivity index is 1.54. The molecule has 1 unspecified atom stereocenters. The molecular weight excluding hydrogens is 418 g/mol. The van der Waals surface area contributed by atoms with Crippen molar-refractivity contribution in [2.24, 2.45) is 5.10 Å². The quantitative estimate of drug-likeness (QED) is 0.455. The van der Waals surface area contributed by atoms with Gasteiger partial charge in [-0.2, -0.15) is 5.10 Å². The van der Waals surface area contributed by atoms with E-state index < -0.39 is 12.2 Å². The lowest BCUT2D eigenvalue weighted by Crippen LogP contribution is -2.17. The minimum absolute atomic E-state index is 0.0888. The molecule has 2 heterocycles. The largest absolute Gasteiger partial charge is 0.506 e. The van der Waals surface area contributed by atoms with Gasteiger partial charge in [0.05, 0.1) is 16.9 Å². The fourth-order valence-electron chi connectivity index (χ4n) is 2.95. The van der Waals surface area contributed by atoms with Crippen LogP contribution in [0.25, 0.3) is 12.2 Å². The number of hydrazone groups is 1. The van der Waals surface area contributed by atoms with Gasteiger partial charge in [-0.05, 0) is 60.2 Å². The monoisotopic (exact) mass is 435 g/mol. The van der Waals surface area contributed by atoms with E-state index in [2.05, 4.69) is 15.5 Å². The topological polar surface area (TPSA) is 93.0 Å². The van der Waals surface area contributed by atoms with Crippen molar-refractivity contribution in [1.29, 1.82) is 0 Å². The van der Waals surface area contributed by atoms with Crippen molar-refractivity contribution in [2.75, 3.05) is 0 Å². The number of benzene rings is 2. The molecular formula is C23H18ClN3O4. The molecule has 2 aromatic carbocycles. The van der Waals surface area contributed by atoms with Gasteiger partial charge in [0.15, 0.2) is 11.5 Å². The third-order valence-corrected chi connectivity index (χ3v) is 4.70. The van der Waals surface area contributed by atoms with Gasteiger partial charge in [-0.3, -0.25) is 9.78 Å². The number of pyridine rings is 1. The van der Waals surface area contributed by atoms with Gasteiger partial charge in [0.1, 0.15) is 5.75 Å². The highest BCUT2D eigenvalue weighted by Gasteiger charge is 2.23. The second-order valence-corrected chi connectivity index (χ2v) is 7.10. The molecule has 4 rings (SSSR count). The van der Waals surface area contributed by atoms with Crippen LogP contribution in [-0.4, -0.2) is 28.5 Å². The van der Waals surface area contributed by atoms with Gasteiger partial charge in [0, 0.05) is 24.2 Å². The molecule has 0 saturated heterocycles. The van der Waals surface area contributed by atoms with E-state index in [0.29, 0.717) is 17.1 Å². The molecule has 1 aromatic heterocycles. The van der Waals surface area contributed by atoms with E-state index in [-0.39, 0.29) is 16.3 Å². The number of phenols is 1. The second kappa shape index (κ2) is 8.89. The molecule has 2 N–H and O–H groups in total. The number of nitrogens with zero attached hydrogens (tertiary/aromatic N) is 2. The molecule has 3 aromatic rings. The van der Waals surface area contributed by atoms with E-state index in [1.807, 2.05) is 43.3 Å². The van der Waals surface area contributed by atoms with Gasteiger partial charge in [-0.25, -0.2) is 5.43 Å².